The molecule has 0 aromatic rings. The van der Waals surface area contributed by atoms with Crippen molar-refractivity contribution in [1.82, 2.24) is 0 Å². The Bertz CT molecular complexity index is 316. The third kappa shape index (κ3) is 2.32. The van der Waals surface area contributed by atoms with Gasteiger partial charge in [0.1, 0.15) is 6.26 Å². The molecule has 0 saturated heterocycles. The van der Waals surface area contributed by atoms with Gasteiger partial charge in [-0.05, 0) is 0 Å². The SMILES string of the molecule is CC(=O)OC1=COC(=O)C1OC(C)=O. The second-order valence-corrected chi connectivity index (χ2v) is 2.54. The summed E-state index contributed by atoms with van der Waals surface area (Å²) in [6.45, 7) is 2.30. The highest BCUT2D eigenvalue weighted by molar-refractivity contribution is 5.84. The normalized spacial score (nSPS) is 19.7. The topological polar surface area (TPSA) is 78.9 Å². The number of hydrogen-bond acceptors (Lipinski definition) is 6. The summed E-state index contributed by atoms with van der Waals surface area (Å²) in [4.78, 5) is 32.1. The Morgan fingerprint density at radius 1 is 1.36 bits per heavy atom. The summed E-state index contributed by atoms with van der Waals surface area (Å²) >= 11 is 0. The first kappa shape index (κ1) is 10.2. The predicted octanol–water partition coefficient (Wildman–Crippen LogP) is -0.121. The molecule has 1 rings (SSSR count). The first-order valence-corrected chi connectivity index (χ1v) is 3.77. The lowest BCUT2D eigenvalue weighted by Crippen LogP contribution is -2.26. The van der Waals surface area contributed by atoms with Gasteiger partial charge in [0.15, 0.2) is 5.76 Å². The van der Waals surface area contributed by atoms with Crippen molar-refractivity contribution in [3.63, 3.8) is 0 Å². The first-order valence-electron chi connectivity index (χ1n) is 3.77. The Morgan fingerprint density at radius 3 is 2.50 bits per heavy atom. The average molecular weight is 200 g/mol. The summed E-state index contributed by atoms with van der Waals surface area (Å²) in [5.41, 5.74) is 0. The largest absolute Gasteiger partial charge is 0.442 e. The molecule has 0 bridgehead atoms. The van der Waals surface area contributed by atoms with Gasteiger partial charge in [-0.25, -0.2) is 4.79 Å². The number of ether oxygens (including phenoxy) is 3. The van der Waals surface area contributed by atoms with Crippen LogP contribution in [0.15, 0.2) is 12.0 Å². The van der Waals surface area contributed by atoms with Crippen LogP contribution in [0.1, 0.15) is 13.8 Å². The molecule has 1 aliphatic heterocycles. The standard InChI is InChI=1S/C8H8O6/c1-4(9)13-6-3-12-8(11)7(6)14-5(2)10/h3,7H,1-2H3. The molecule has 1 heterocycles. The van der Waals surface area contributed by atoms with E-state index in [-0.39, 0.29) is 5.76 Å². The highest BCUT2D eigenvalue weighted by Gasteiger charge is 2.35. The van der Waals surface area contributed by atoms with Gasteiger partial charge >= 0.3 is 17.9 Å². The predicted molar refractivity (Wildman–Crippen MR) is 41.5 cm³/mol. The van der Waals surface area contributed by atoms with Crippen molar-refractivity contribution in [2.75, 3.05) is 0 Å². The van der Waals surface area contributed by atoms with Crippen LogP contribution in [0.5, 0.6) is 0 Å². The smallest absolute Gasteiger partial charge is 0.360 e. The molecule has 0 saturated carbocycles. The van der Waals surface area contributed by atoms with Crippen LogP contribution < -0.4 is 0 Å². The van der Waals surface area contributed by atoms with E-state index in [2.05, 4.69) is 14.2 Å². The van der Waals surface area contributed by atoms with Crippen molar-refractivity contribution in [2.24, 2.45) is 0 Å². The molecule has 0 N–H and O–H groups in total. The molecule has 0 aromatic heterocycles. The number of carbonyl (C=O) groups excluding carboxylic acids is 3. The van der Waals surface area contributed by atoms with E-state index in [0.29, 0.717) is 0 Å². The summed E-state index contributed by atoms with van der Waals surface area (Å²) < 4.78 is 13.6. The van der Waals surface area contributed by atoms with Gasteiger partial charge in [0.25, 0.3) is 6.10 Å². The number of cyclic esters (lactones) is 1. The fraction of sp³-hybridized carbons (Fsp3) is 0.375. The van der Waals surface area contributed by atoms with E-state index in [9.17, 15) is 14.4 Å². The van der Waals surface area contributed by atoms with E-state index in [1.807, 2.05) is 0 Å². The van der Waals surface area contributed by atoms with Gasteiger partial charge in [-0.2, -0.15) is 0 Å². The fourth-order valence-electron chi connectivity index (χ4n) is 0.872. The van der Waals surface area contributed by atoms with Crippen molar-refractivity contribution in [2.45, 2.75) is 20.0 Å². The third-order valence-corrected chi connectivity index (χ3v) is 1.31. The van der Waals surface area contributed by atoms with Crippen molar-refractivity contribution < 1.29 is 28.6 Å². The molecular formula is C8H8O6. The van der Waals surface area contributed by atoms with E-state index in [4.69, 9.17) is 0 Å². The van der Waals surface area contributed by atoms with E-state index in [1.54, 1.807) is 0 Å². The van der Waals surface area contributed by atoms with E-state index in [0.717, 1.165) is 20.1 Å². The maximum Gasteiger partial charge on any atom is 0.360 e. The van der Waals surface area contributed by atoms with Crippen molar-refractivity contribution in [3.8, 4) is 0 Å². The molecular weight excluding hydrogens is 192 g/mol. The third-order valence-electron chi connectivity index (χ3n) is 1.31. The minimum atomic E-state index is -1.27. The summed E-state index contributed by atoms with van der Waals surface area (Å²) in [7, 11) is 0. The lowest BCUT2D eigenvalue weighted by atomic mass is 10.3. The molecule has 14 heavy (non-hydrogen) atoms. The van der Waals surface area contributed by atoms with Crippen LogP contribution in [-0.2, 0) is 28.6 Å². The maximum absolute atomic E-state index is 11.0. The van der Waals surface area contributed by atoms with Crippen molar-refractivity contribution in [1.29, 1.82) is 0 Å². The molecule has 1 aliphatic rings. The molecule has 0 amide bonds. The molecule has 0 radical (unpaired) electrons. The zero-order chi connectivity index (χ0) is 10.7. The van der Waals surface area contributed by atoms with Crippen LogP contribution in [0.25, 0.3) is 0 Å². The molecule has 0 spiro atoms. The monoisotopic (exact) mass is 200 g/mol. The second kappa shape index (κ2) is 3.91. The van der Waals surface area contributed by atoms with Gasteiger partial charge in [0.05, 0.1) is 0 Å². The summed E-state index contributed by atoms with van der Waals surface area (Å²) in [5.74, 6) is -2.17. The lowest BCUT2D eigenvalue weighted by molar-refractivity contribution is -0.160. The Hall–Kier alpha value is -1.85. The maximum atomic E-state index is 11.0. The van der Waals surface area contributed by atoms with E-state index < -0.39 is 24.0 Å². The Morgan fingerprint density at radius 2 is 2.00 bits per heavy atom. The van der Waals surface area contributed by atoms with Crippen LogP contribution in [0, 0.1) is 0 Å². The number of hydrogen-bond donors (Lipinski definition) is 0. The van der Waals surface area contributed by atoms with Gasteiger partial charge in [0, 0.05) is 13.8 Å². The second-order valence-electron chi connectivity index (χ2n) is 2.54. The quantitative estimate of drug-likeness (QED) is 0.456. The summed E-state index contributed by atoms with van der Waals surface area (Å²) in [5, 5.41) is 0. The van der Waals surface area contributed by atoms with Crippen LogP contribution in [-0.4, -0.2) is 24.0 Å². The minimum absolute atomic E-state index is 0.113. The van der Waals surface area contributed by atoms with Gasteiger partial charge in [-0.15, -0.1) is 0 Å². The zero-order valence-electron chi connectivity index (χ0n) is 7.60. The molecule has 0 fully saturated rings. The molecule has 6 heteroatoms. The summed E-state index contributed by atoms with van der Waals surface area (Å²) in [6, 6.07) is 0. The number of carbonyl (C=O) groups is 3. The van der Waals surface area contributed by atoms with Gasteiger partial charge in [-0.1, -0.05) is 0 Å². The Balaban J connectivity index is 2.69. The number of esters is 3. The van der Waals surface area contributed by atoms with E-state index in [1.165, 1.54) is 0 Å². The van der Waals surface area contributed by atoms with Crippen LogP contribution in [0.4, 0.5) is 0 Å². The van der Waals surface area contributed by atoms with Gasteiger partial charge in [0.2, 0.25) is 0 Å². The average Bonchev–Trinajstić information content (AvgIpc) is 2.34. The highest BCUT2D eigenvalue weighted by Crippen LogP contribution is 2.18. The molecule has 6 nitrogen and oxygen atoms in total. The fourth-order valence-corrected chi connectivity index (χ4v) is 0.872. The van der Waals surface area contributed by atoms with Crippen molar-refractivity contribution in [3.05, 3.63) is 12.0 Å². The molecule has 1 unspecified atom stereocenters. The molecule has 0 aromatic carbocycles. The molecule has 76 valence electrons. The zero-order valence-corrected chi connectivity index (χ0v) is 7.60. The van der Waals surface area contributed by atoms with E-state index >= 15 is 0 Å². The molecule has 0 aliphatic carbocycles. The first-order chi connectivity index (χ1) is 6.50. The van der Waals surface area contributed by atoms with Gasteiger partial charge in [-0.3, -0.25) is 9.59 Å². The van der Waals surface area contributed by atoms with Crippen LogP contribution in [0.3, 0.4) is 0 Å². The van der Waals surface area contributed by atoms with Crippen LogP contribution in [0.2, 0.25) is 0 Å². The summed E-state index contributed by atoms with van der Waals surface area (Å²) in [6.07, 6.45) is -0.325. The minimum Gasteiger partial charge on any atom is -0.442 e. The Labute approximate surface area is 79.4 Å². The molecule has 1 atom stereocenters. The van der Waals surface area contributed by atoms with Crippen LogP contribution >= 0.6 is 0 Å². The van der Waals surface area contributed by atoms with Gasteiger partial charge < -0.3 is 14.2 Å². The Kier molecular flexibility index (Phi) is 2.85. The lowest BCUT2D eigenvalue weighted by Gasteiger charge is -2.09. The highest BCUT2D eigenvalue weighted by atomic mass is 16.6. The number of rotatable bonds is 2. The van der Waals surface area contributed by atoms with Crippen molar-refractivity contribution >= 4 is 17.9 Å².